The number of benzene rings is 1. The predicted molar refractivity (Wildman–Crippen MR) is 74.2 cm³/mol. The molecule has 1 saturated heterocycles. The van der Waals surface area contributed by atoms with Crippen LogP contribution in [0.2, 0.25) is 0 Å². The van der Waals surface area contributed by atoms with E-state index in [0.717, 1.165) is 36.1 Å². The molecule has 0 bridgehead atoms. The summed E-state index contributed by atoms with van der Waals surface area (Å²) < 4.78 is 5.35. The quantitative estimate of drug-likeness (QED) is 0.874. The van der Waals surface area contributed by atoms with Crippen molar-refractivity contribution in [3.8, 4) is 0 Å². The molecule has 5 heteroatoms. The molecule has 2 heterocycles. The van der Waals surface area contributed by atoms with E-state index in [2.05, 4.69) is 10.6 Å². The Morgan fingerprint density at radius 1 is 1.40 bits per heavy atom. The van der Waals surface area contributed by atoms with Crippen molar-refractivity contribution in [2.75, 3.05) is 11.9 Å². The molecule has 2 amide bonds. The number of hydrogen-bond acceptors (Lipinski definition) is 3. The lowest BCUT2D eigenvalue weighted by atomic mass is 10.0. The monoisotopic (exact) mass is 274 g/mol. The fourth-order valence-electron chi connectivity index (χ4n) is 2.63. The fraction of sp³-hybridized carbons (Fsp3) is 0.467. The Kier molecular flexibility index (Phi) is 3.69. The summed E-state index contributed by atoms with van der Waals surface area (Å²) in [7, 11) is 0. The molecule has 0 spiro atoms. The van der Waals surface area contributed by atoms with Crippen LogP contribution in [0.4, 0.5) is 5.69 Å². The van der Waals surface area contributed by atoms with Crippen LogP contribution in [0.25, 0.3) is 0 Å². The number of nitrogens with one attached hydrogen (secondary N) is 2. The molecule has 2 aliphatic rings. The van der Waals surface area contributed by atoms with Crippen LogP contribution in [0.1, 0.15) is 30.4 Å². The van der Waals surface area contributed by atoms with E-state index in [1.165, 1.54) is 0 Å². The lowest BCUT2D eigenvalue weighted by molar-refractivity contribution is -0.130. The second-order valence-electron chi connectivity index (χ2n) is 5.26. The van der Waals surface area contributed by atoms with Gasteiger partial charge in [-0.05, 0) is 36.5 Å². The van der Waals surface area contributed by atoms with Gasteiger partial charge in [-0.15, -0.1) is 0 Å². The molecule has 5 nitrogen and oxygen atoms in total. The van der Waals surface area contributed by atoms with Gasteiger partial charge >= 0.3 is 0 Å². The predicted octanol–water partition coefficient (Wildman–Crippen LogP) is 1.37. The standard InChI is InChI=1S/C15H18N2O3/c18-14-6-4-11-8-10(3-5-12(11)17-14)9-16-15(19)13-2-1-7-20-13/h3,5,8,13H,1-2,4,6-7,9H2,(H,16,19)(H,17,18). The Morgan fingerprint density at radius 3 is 3.10 bits per heavy atom. The number of amides is 2. The number of aryl methyl sites for hydroxylation is 1. The van der Waals surface area contributed by atoms with Gasteiger partial charge in [0.15, 0.2) is 0 Å². The van der Waals surface area contributed by atoms with Crippen molar-refractivity contribution < 1.29 is 14.3 Å². The molecule has 20 heavy (non-hydrogen) atoms. The Hall–Kier alpha value is -1.88. The second-order valence-corrected chi connectivity index (χ2v) is 5.26. The summed E-state index contributed by atoms with van der Waals surface area (Å²) in [5.74, 6) is 0.0328. The van der Waals surface area contributed by atoms with E-state index in [0.29, 0.717) is 19.6 Å². The molecule has 1 fully saturated rings. The molecule has 2 aliphatic heterocycles. The number of anilines is 1. The largest absolute Gasteiger partial charge is 0.368 e. The zero-order valence-corrected chi connectivity index (χ0v) is 11.3. The summed E-state index contributed by atoms with van der Waals surface area (Å²) in [6.07, 6.45) is 2.76. The van der Waals surface area contributed by atoms with Crippen molar-refractivity contribution >= 4 is 17.5 Å². The Balaban J connectivity index is 1.60. The zero-order chi connectivity index (χ0) is 13.9. The summed E-state index contributed by atoms with van der Waals surface area (Å²) in [5, 5.41) is 5.76. The zero-order valence-electron chi connectivity index (χ0n) is 11.3. The van der Waals surface area contributed by atoms with E-state index < -0.39 is 0 Å². The maximum atomic E-state index is 11.9. The molecule has 1 aromatic carbocycles. The molecule has 1 atom stereocenters. The highest BCUT2D eigenvalue weighted by atomic mass is 16.5. The molecule has 1 aromatic rings. The molecular formula is C15H18N2O3. The molecule has 2 N–H and O–H groups in total. The van der Waals surface area contributed by atoms with Crippen LogP contribution < -0.4 is 10.6 Å². The molecule has 3 rings (SSSR count). The van der Waals surface area contributed by atoms with E-state index in [4.69, 9.17) is 4.74 Å². The topological polar surface area (TPSA) is 67.4 Å². The van der Waals surface area contributed by atoms with Crippen molar-refractivity contribution in [3.05, 3.63) is 29.3 Å². The minimum absolute atomic E-state index is 0.0338. The van der Waals surface area contributed by atoms with Crippen molar-refractivity contribution in [1.29, 1.82) is 0 Å². The third kappa shape index (κ3) is 2.82. The Bertz CT molecular complexity index is 536. The van der Waals surface area contributed by atoms with Gasteiger partial charge in [0.2, 0.25) is 11.8 Å². The summed E-state index contributed by atoms with van der Waals surface area (Å²) in [6.45, 7) is 1.18. The van der Waals surface area contributed by atoms with Gasteiger partial charge in [-0.1, -0.05) is 12.1 Å². The van der Waals surface area contributed by atoms with Gasteiger partial charge in [0, 0.05) is 25.3 Å². The van der Waals surface area contributed by atoms with Crippen LogP contribution in [0.15, 0.2) is 18.2 Å². The van der Waals surface area contributed by atoms with Gasteiger partial charge in [0.25, 0.3) is 0 Å². The van der Waals surface area contributed by atoms with Crippen LogP contribution in [0.5, 0.6) is 0 Å². The van der Waals surface area contributed by atoms with Crippen LogP contribution in [0, 0.1) is 0 Å². The van der Waals surface area contributed by atoms with Crippen molar-refractivity contribution in [3.63, 3.8) is 0 Å². The molecule has 106 valence electrons. The van der Waals surface area contributed by atoms with Crippen LogP contribution >= 0.6 is 0 Å². The summed E-state index contributed by atoms with van der Waals surface area (Å²) in [4.78, 5) is 23.1. The van der Waals surface area contributed by atoms with Gasteiger partial charge in [-0.3, -0.25) is 9.59 Å². The van der Waals surface area contributed by atoms with Crippen molar-refractivity contribution in [2.45, 2.75) is 38.3 Å². The van der Waals surface area contributed by atoms with Gasteiger partial charge < -0.3 is 15.4 Å². The average Bonchev–Trinajstić information content (AvgIpc) is 2.99. The highest BCUT2D eigenvalue weighted by Crippen LogP contribution is 2.23. The lowest BCUT2D eigenvalue weighted by Crippen LogP contribution is -2.33. The second kappa shape index (κ2) is 5.63. The molecule has 0 aromatic heterocycles. The van der Waals surface area contributed by atoms with Gasteiger partial charge in [-0.2, -0.15) is 0 Å². The normalized spacial score (nSPS) is 21.2. The number of carbonyl (C=O) groups is 2. The Morgan fingerprint density at radius 2 is 2.30 bits per heavy atom. The first-order chi connectivity index (χ1) is 9.72. The minimum Gasteiger partial charge on any atom is -0.368 e. The highest BCUT2D eigenvalue weighted by Gasteiger charge is 2.23. The summed E-state index contributed by atoms with van der Waals surface area (Å²) >= 11 is 0. The SMILES string of the molecule is O=C1CCc2cc(CNC(=O)C3CCCO3)ccc2N1. The number of hydrogen-bond donors (Lipinski definition) is 2. The van der Waals surface area contributed by atoms with E-state index in [1.54, 1.807) is 0 Å². The molecule has 0 aliphatic carbocycles. The maximum Gasteiger partial charge on any atom is 0.249 e. The van der Waals surface area contributed by atoms with E-state index in [9.17, 15) is 9.59 Å². The first-order valence-electron chi connectivity index (χ1n) is 7.03. The first-order valence-corrected chi connectivity index (χ1v) is 7.03. The van der Waals surface area contributed by atoms with Crippen molar-refractivity contribution in [1.82, 2.24) is 5.32 Å². The fourth-order valence-corrected chi connectivity index (χ4v) is 2.63. The van der Waals surface area contributed by atoms with Crippen LogP contribution in [-0.4, -0.2) is 24.5 Å². The molecule has 1 unspecified atom stereocenters. The average molecular weight is 274 g/mol. The summed E-state index contributed by atoms with van der Waals surface area (Å²) in [5.41, 5.74) is 3.06. The molecular weight excluding hydrogens is 256 g/mol. The summed E-state index contributed by atoms with van der Waals surface area (Å²) in [6, 6.07) is 5.88. The minimum atomic E-state index is -0.285. The van der Waals surface area contributed by atoms with Gasteiger partial charge in [0.1, 0.15) is 6.10 Å². The molecule has 0 saturated carbocycles. The van der Waals surface area contributed by atoms with Gasteiger partial charge in [-0.25, -0.2) is 0 Å². The maximum absolute atomic E-state index is 11.9. The van der Waals surface area contributed by atoms with E-state index in [-0.39, 0.29) is 17.9 Å². The van der Waals surface area contributed by atoms with Crippen molar-refractivity contribution in [2.24, 2.45) is 0 Å². The highest BCUT2D eigenvalue weighted by molar-refractivity contribution is 5.93. The van der Waals surface area contributed by atoms with Crippen LogP contribution in [-0.2, 0) is 27.3 Å². The van der Waals surface area contributed by atoms with Crippen LogP contribution in [0.3, 0.4) is 0 Å². The Labute approximate surface area is 117 Å². The third-order valence-corrected chi connectivity index (χ3v) is 3.75. The number of rotatable bonds is 3. The third-order valence-electron chi connectivity index (χ3n) is 3.75. The number of ether oxygens (including phenoxy) is 1. The van der Waals surface area contributed by atoms with Gasteiger partial charge in [0.05, 0.1) is 0 Å². The smallest absolute Gasteiger partial charge is 0.249 e. The van der Waals surface area contributed by atoms with E-state index >= 15 is 0 Å². The first kappa shape index (κ1) is 13.1. The number of carbonyl (C=O) groups excluding carboxylic acids is 2. The number of fused-ring (bicyclic) bond motifs is 1. The van der Waals surface area contributed by atoms with E-state index in [1.807, 2.05) is 18.2 Å². The lowest BCUT2D eigenvalue weighted by Gasteiger charge is -2.18. The molecule has 0 radical (unpaired) electrons.